The summed E-state index contributed by atoms with van der Waals surface area (Å²) < 4.78 is 5.18. The third kappa shape index (κ3) is 8.58. The minimum Gasteiger partial charge on any atom is -0.396 e. The molecule has 0 aromatic rings. The number of rotatable bonds is 12. The first-order chi connectivity index (χ1) is 8.29. The van der Waals surface area contributed by atoms with Crippen molar-refractivity contribution in [2.75, 3.05) is 33.4 Å². The molecule has 3 nitrogen and oxygen atoms in total. The molecule has 0 unspecified atom stereocenters. The van der Waals surface area contributed by atoms with Crippen LogP contribution in [0.3, 0.4) is 0 Å². The van der Waals surface area contributed by atoms with E-state index in [-0.39, 0.29) is 0 Å². The molecule has 0 saturated carbocycles. The van der Waals surface area contributed by atoms with E-state index in [1.54, 1.807) is 7.11 Å². The Balaban J connectivity index is 3.83. The van der Waals surface area contributed by atoms with Gasteiger partial charge >= 0.3 is 0 Å². The predicted molar refractivity (Wildman–Crippen MR) is 73.4 cm³/mol. The molecular formula is C14H31NO2. The molecule has 0 saturated heterocycles. The first-order valence-corrected chi connectivity index (χ1v) is 7.13. The van der Waals surface area contributed by atoms with Gasteiger partial charge in [-0.25, -0.2) is 0 Å². The Bertz CT molecular complexity index is 149. The van der Waals surface area contributed by atoms with E-state index >= 15 is 0 Å². The maximum atomic E-state index is 8.73. The summed E-state index contributed by atoms with van der Waals surface area (Å²) in [5.74, 6) is 0. The molecule has 0 heterocycles. The number of aliphatic hydroxyl groups excluding tert-OH is 1. The fourth-order valence-corrected chi connectivity index (χ4v) is 2.27. The fourth-order valence-electron chi connectivity index (χ4n) is 2.27. The van der Waals surface area contributed by atoms with E-state index in [0.29, 0.717) is 12.6 Å². The molecule has 0 aliphatic carbocycles. The molecule has 0 rings (SSSR count). The maximum absolute atomic E-state index is 8.73. The van der Waals surface area contributed by atoms with Gasteiger partial charge in [-0.1, -0.05) is 26.7 Å². The monoisotopic (exact) mass is 245 g/mol. The number of unbranched alkanes of at least 4 members (excludes halogenated alkanes) is 3. The molecule has 0 bridgehead atoms. The van der Waals surface area contributed by atoms with Gasteiger partial charge in [0.2, 0.25) is 0 Å². The van der Waals surface area contributed by atoms with Crippen molar-refractivity contribution < 1.29 is 9.84 Å². The van der Waals surface area contributed by atoms with Crippen molar-refractivity contribution in [3.05, 3.63) is 0 Å². The zero-order valence-corrected chi connectivity index (χ0v) is 12.0. The highest BCUT2D eigenvalue weighted by atomic mass is 16.5. The molecule has 0 fully saturated rings. The van der Waals surface area contributed by atoms with Crippen molar-refractivity contribution in [2.24, 2.45) is 0 Å². The van der Waals surface area contributed by atoms with Crippen LogP contribution < -0.4 is 0 Å². The van der Waals surface area contributed by atoms with E-state index in [1.807, 2.05) is 0 Å². The minimum absolute atomic E-state index is 0.333. The quantitative estimate of drug-likeness (QED) is 0.537. The SMILES string of the molecule is CCC(CC)N(CCCCCCO)CCOC. The Morgan fingerprint density at radius 1 is 1.00 bits per heavy atom. The summed E-state index contributed by atoms with van der Waals surface area (Å²) in [6, 6.07) is 0.697. The lowest BCUT2D eigenvalue weighted by Crippen LogP contribution is -2.37. The third-order valence-corrected chi connectivity index (χ3v) is 3.39. The molecule has 0 aromatic carbocycles. The van der Waals surface area contributed by atoms with Crippen LogP contribution >= 0.6 is 0 Å². The van der Waals surface area contributed by atoms with Crippen LogP contribution in [0, 0.1) is 0 Å². The largest absolute Gasteiger partial charge is 0.396 e. The molecule has 0 amide bonds. The first kappa shape index (κ1) is 16.9. The Morgan fingerprint density at radius 2 is 1.65 bits per heavy atom. The van der Waals surface area contributed by atoms with Gasteiger partial charge in [0.25, 0.3) is 0 Å². The summed E-state index contributed by atoms with van der Waals surface area (Å²) >= 11 is 0. The Hall–Kier alpha value is -0.120. The lowest BCUT2D eigenvalue weighted by atomic mass is 10.1. The molecule has 0 atom stereocenters. The highest BCUT2D eigenvalue weighted by Gasteiger charge is 2.13. The topological polar surface area (TPSA) is 32.7 Å². The van der Waals surface area contributed by atoms with Gasteiger partial charge in [0.1, 0.15) is 0 Å². The van der Waals surface area contributed by atoms with Crippen molar-refractivity contribution in [2.45, 2.75) is 58.4 Å². The lowest BCUT2D eigenvalue weighted by molar-refractivity contribution is 0.113. The normalized spacial score (nSPS) is 11.6. The summed E-state index contributed by atoms with van der Waals surface area (Å²) in [4.78, 5) is 2.56. The smallest absolute Gasteiger partial charge is 0.0589 e. The van der Waals surface area contributed by atoms with Crippen LogP contribution in [0.25, 0.3) is 0 Å². The van der Waals surface area contributed by atoms with Crippen molar-refractivity contribution >= 4 is 0 Å². The van der Waals surface area contributed by atoms with Gasteiger partial charge in [0.05, 0.1) is 6.61 Å². The average Bonchev–Trinajstić information content (AvgIpc) is 2.36. The summed E-state index contributed by atoms with van der Waals surface area (Å²) in [6.45, 7) is 7.90. The zero-order chi connectivity index (χ0) is 12.9. The van der Waals surface area contributed by atoms with Crippen LogP contribution in [0.15, 0.2) is 0 Å². The van der Waals surface area contributed by atoms with Crippen LogP contribution in [0.5, 0.6) is 0 Å². The van der Waals surface area contributed by atoms with E-state index in [0.717, 1.165) is 26.0 Å². The van der Waals surface area contributed by atoms with Gasteiger partial charge in [0, 0.05) is 26.3 Å². The van der Waals surface area contributed by atoms with Gasteiger partial charge in [-0.3, -0.25) is 4.90 Å². The highest BCUT2D eigenvalue weighted by molar-refractivity contribution is 4.69. The number of ether oxygens (including phenoxy) is 1. The van der Waals surface area contributed by atoms with Crippen LogP contribution in [-0.2, 0) is 4.74 Å². The predicted octanol–water partition coefficient (Wildman–Crippen LogP) is 2.68. The van der Waals surface area contributed by atoms with E-state index in [9.17, 15) is 0 Å². The van der Waals surface area contributed by atoms with E-state index < -0.39 is 0 Å². The molecule has 3 heteroatoms. The molecule has 0 aliphatic rings. The van der Waals surface area contributed by atoms with E-state index in [1.165, 1.54) is 32.2 Å². The Labute approximate surface area is 107 Å². The summed E-state index contributed by atoms with van der Waals surface area (Å²) in [6.07, 6.45) is 7.00. The van der Waals surface area contributed by atoms with Gasteiger partial charge in [-0.15, -0.1) is 0 Å². The molecule has 17 heavy (non-hydrogen) atoms. The van der Waals surface area contributed by atoms with Gasteiger partial charge in [0.15, 0.2) is 0 Å². The number of hydrogen-bond acceptors (Lipinski definition) is 3. The van der Waals surface area contributed by atoms with Crippen LogP contribution in [0.4, 0.5) is 0 Å². The van der Waals surface area contributed by atoms with Gasteiger partial charge in [-0.2, -0.15) is 0 Å². The molecule has 0 aliphatic heterocycles. The summed E-state index contributed by atoms with van der Waals surface area (Å²) in [7, 11) is 1.77. The number of hydrogen-bond donors (Lipinski definition) is 1. The van der Waals surface area contributed by atoms with Crippen LogP contribution in [0.2, 0.25) is 0 Å². The number of methoxy groups -OCH3 is 1. The third-order valence-electron chi connectivity index (χ3n) is 3.39. The van der Waals surface area contributed by atoms with Crippen LogP contribution in [0.1, 0.15) is 52.4 Å². The lowest BCUT2D eigenvalue weighted by Gasteiger charge is -2.30. The van der Waals surface area contributed by atoms with E-state index in [4.69, 9.17) is 9.84 Å². The molecule has 0 radical (unpaired) electrons. The van der Waals surface area contributed by atoms with Gasteiger partial charge < -0.3 is 9.84 Å². The molecule has 104 valence electrons. The Kier molecular flexibility index (Phi) is 12.3. The Morgan fingerprint density at radius 3 is 2.18 bits per heavy atom. The van der Waals surface area contributed by atoms with E-state index in [2.05, 4.69) is 18.7 Å². The van der Waals surface area contributed by atoms with Crippen molar-refractivity contribution in [3.8, 4) is 0 Å². The van der Waals surface area contributed by atoms with Crippen LogP contribution in [-0.4, -0.2) is 49.5 Å². The summed E-state index contributed by atoms with van der Waals surface area (Å²) in [5, 5.41) is 8.73. The van der Waals surface area contributed by atoms with Crippen molar-refractivity contribution in [1.82, 2.24) is 4.90 Å². The van der Waals surface area contributed by atoms with Crippen molar-refractivity contribution in [3.63, 3.8) is 0 Å². The molecule has 1 N–H and O–H groups in total. The maximum Gasteiger partial charge on any atom is 0.0589 e. The molecular weight excluding hydrogens is 214 g/mol. The zero-order valence-electron chi connectivity index (χ0n) is 12.0. The second-order valence-electron chi connectivity index (χ2n) is 4.64. The molecule has 0 aromatic heterocycles. The standard InChI is InChI=1S/C14H31NO2/c1-4-14(5-2)15(11-13-17-3)10-8-6-7-9-12-16/h14,16H,4-13H2,1-3H3. The molecule has 0 spiro atoms. The number of nitrogens with zero attached hydrogens (tertiary/aromatic N) is 1. The second kappa shape index (κ2) is 12.3. The summed E-state index contributed by atoms with van der Waals surface area (Å²) in [5.41, 5.74) is 0. The average molecular weight is 245 g/mol. The fraction of sp³-hybridized carbons (Fsp3) is 1.00. The van der Waals surface area contributed by atoms with Crippen molar-refractivity contribution in [1.29, 1.82) is 0 Å². The first-order valence-electron chi connectivity index (χ1n) is 7.13. The number of aliphatic hydroxyl groups is 1. The second-order valence-corrected chi connectivity index (χ2v) is 4.64. The van der Waals surface area contributed by atoms with Gasteiger partial charge in [-0.05, 0) is 32.2 Å². The minimum atomic E-state index is 0.333. The highest BCUT2D eigenvalue weighted by Crippen LogP contribution is 2.10.